The molecule has 1 saturated heterocycles. The third-order valence-corrected chi connectivity index (χ3v) is 1.93. The van der Waals surface area contributed by atoms with Gasteiger partial charge in [0.15, 0.2) is 0 Å². The number of hydrogen-bond acceptors (Lipinski definition) is 3. The molecule has 1 aliphatic rings. The van der Waals surface area contributed by atoms with Gasteiger partial charge in [0.1, 0.15) is 0 Å². The predicted octanol–water partition coefficient (Wildman–Crippen LogP) is 1.57. The summed E-state index contributed by atoms with van der Waals surface area (Å²) in [6.45, 7) is 0. The second-order valence-corrected chi connectivity index (χ2v) is 2.84. The maximum Gasteiger partial charge on any atom is 0.414 e. The number of alkyl halides is 6. The Bertz CT molecular complexity index is 300. The summed E-state index contributed by atoms with van der Waals surface area (Å²) in [5.74, 6) is -4.46. The highest BCUT2D eigenvalue weighted by atomic mass is 19.4. The zero-order valence-corrected chi connectivity index (χ0v) is 6.70. The van der Waals surface area contributed by atoms with Crippen LogP contribution in [-0.4, -0.2) is 24.3 Å². The summed E-state index contributed by atoms with van der Waals surface area (Å²) >= 11 is 0. The number of halogens is 6. The highest BCUT2D eigenvalue weighted by Gasteiger charge is 2.80. The van der Waals surface area contributed by atoms with Crippen molar-refractivity contribution in [2.24, 2.45) is 5.41 Å². The Hall–Kier alpha value is -1.28. The van der Waals surface area contributed by atoms with E-state index in [4.69, 9.17) is 0 Å². The van der Waals surface area contributed by atoms with E-state index in [1.807, 2.05) is 0 Å². The molecule has 0 aromatic heterocycles. The standard InChI is InChI=1S/C6H2F6O3/c7-5(8,9)4(6(10,11)12)1-2(13)15-3(4)14/h1H2. The van der Waals surface area contributed by atoms with Crippen LogP contribution in [0.5, 0.6) is 0 Å². The molecule has 0 N–H and O–H groups in total. The molecule has 1 rings (SSSR count). The predicted molar refractivity (Wildman–Crippen MR) is 30.3 cm³/mol. The Labute approximate surface area is 78.0 Å². The zero-order valence-electron chi connectivity index (χ0n) is 6.70. The minimum Gasteiger partial charge on any atom is -0.392 e. The molecule has 0 bridgehead atoms. The highest BCUT2D eigenvalue weighted by Crippen LogP contribution is 2.55. The molecule has 0 aliphatic carbocycles. The monoisotopic (exact) mass is 236 g/mol. The lowest BCUT2D eigenvalue weighted by Gasteiger charge is -2.28. The first-order valence-electron chi connectivity index (χ1n) is 3.41. The van der Waals surface area contributed by atoms with E-state index < -0.39 is 36.1 Å². The SMILES string of the molecule is O=C1CC(C(F)(F)F)(C(F)(F)F)C(=O)O1. The largest absolute Gasteiger partial charge is 0.414 e. The summed E-state index contributed by atoms with van der Waals surface area (Å²) in [5, 5.41) is 0. The normalized spacial score (nSPS) is 21.7. The molecule has 0 atom stereocenters. The fourth-order valence-electron chi connectivity index (χ4n) is 1.11. The number of hydrogen-bond donors (Lipinski definition) is 0. The Morgan fingerprint density at radius 3 is 1.53 bits per heavy atom. The van der Waals surface area contributed by atoms with E-state index in [-0.39, 0.29) is 0 Å². The molecule has 1 heterocycles. The van der Waals surface area contributed by atoms with Gasteiger partial charge in [-0.15, -0.1) is 0 Å². The summed E-state index contributed by atoms with van der Waals surface area (Å²) in [5.41, 5.74) is -4.71. The molecule has 1 aliphatic heterocycles. The minimum atomic E-state index is -5.91. The molecule has 0 amide bonds. The molecule has 15 heavy (non-hydrogen) atoms. The van der Waals surface area contributed by atoms with Gasteiger partial charge >= 0.3 is 24.3 Å². The first-order chi connectivity index (χ1) is 6.52. The van der Waals surface area contributed by atoms with Gasteiger partial charge in [-0.1, -0.05) is 0 Å². The second kappa shape index (κ2) is 2.86. The van der Waals surface area contributed by atoms with Crippen LogP contribution >= 0.6 is 0 Å². The molecule has 0 saturated carbocycles. The van der Waals surface area contributed by atoms with Gasteiger partial charge in [0.25, 0.3) is 5.41 Å². The van der Waals surface area contributed by atoms with Gasteiger partial charge in [-0.2, -0.15) is 26.3 Å². The third kappa shape index (κ3) is 1.45. The van der Waals surface area contributed by atoms with Crippen LogP contribution in [0.15, 0.2) is 0 Å². The molecule has 9 heteroatoms. The van der Waals surface area contributed by atoms with Gasteiger partial charge in [-0.3, -0.25) is 9.59 Å². The van der Waals surface area contributed by atoms with Crippen molar-refractivity contribution in [3.05, 3.63) is 0 Å². The van der Waals surface area contributed by atoms with E-state index in [2.05, 4.69) is 4.74 Å². The summed E-state index contributed by atoms with van der Waals surface area (Å²) < 4.78 is 76.3. The fraction of sp³-hybridized carbons (Fsp3) is 0.667. The quantitative estimate of drug-likeness (QED) is 0.364. The zero-order chi connectivity index (χ0) is 12.1. The summed E-state index contributed by atoms with van der Waals surface area (Å²) in [7, 11) is 0. The van der Waals surface area contributed by atoms with Gasteiger partial charge in [-0.05, 0) is 0 Å². The van der Waals surface area contributed by atoms with Crippen molar-refractivity contribution >= 4 is 11.9 Å². The van der Waals surface area contributed by atoms with Crippen LogP contribution < -0.4 is 0 Å². The molecule has 0 aromatic carbocycles. The first kappa shape index (κ1) is 11.8. The van der Waals surface area contributed by atoms with E-state index in [0.717, 1.165) is 0 Å². The van der Waals surface area contributed by atoms with Gasteiger partial charge < -0.3 is 4.74 Å². The summed E-state index contributed by atoms with van der Waals surface area (Å²) in [4.78, 5) is 20.8. The van der Waals surface area contributed by atoms with E-state index in [0.29, 0.717) is 0 Å². The number of cyclic esters (lactones) is 2. The smallest absolute Gasteiger partial charge is 0.392 e. The van der Waals surface area contributed by atoms with E-state index >= 15 is 0 Å². The molecular weight excluding hydrogens is 234 g/mol. The van der Waals surface area contributed by atoms with E-state index in [1.54, 1.807) is 0 Å². The molecular formula is C6H2F6O3. The second-order valence-electron chi connectivity index (χ2n) is 2.84. The van der Waals surface area contributed by atoms with Crippen molar-refractivity contribution in [2.45, 2.75) is 18.8 Å². The van der Waals surface area contributed by atoms with Crippen molar-refractivity contribution in [3.63, 3.8) is 0 Å². The molecule has 1 fully saturated rings. The fourth-order valence-corrected chi connectivity index (χ4v) is 1.11. The topological polar surface area (TPSA) is 43.4 Å². The summed E-state index contributed by atoms with van der Waals surface area (Å²) in [6, 6.07) is 0. The minimum absolute atomic E-state index is 1.84. The van der Waals surface area contributed by atoms with Crippen molar-refractivity contribution in [1.29, 1.82) is 0 Å². The van der Waals surface area contributed by atoms with Crippen molar-refractivity contribution < 1.29 is 40.7 Å². The summed E-state index contributed by atoms with van der Waals surface area (Å²) in [6.07, 6.45) is -13.9. The molecule has 0 aromatic rings. The van der Waals surface area contributed by atoms with Gasteiger partial charge in [0.05, 0.1) is 6.42 Å². The van der Waals surface area contributed by atoms with E-state index in [1.165, 1.54) is 0 Å². The lowest BCUT2D eigenvalue weighted by molar-refractivity contribution is -0.323. The number of ether oxygens (including phenoxy) is 1. The molecule has 0 spiro atoms. The van der Waals surface area contributed by atoms with Gasteiger partial charge in [-0.25, -0.2) is 0 Å². The highest BCUT2D eigenvalue weighted by molar-refractivity contribution is 5.98. The Morgan fingerprint density at radius 2 is 1.40 bits per heavy atom. The van der Waals surface area contributed by atoms with Crippen LogP contribution in [0.25, 0.3) is 0 Å². The average Bonchev–Trinajstić information content (AvgIpc) is 2.23. The van der Waals surface area contributed by atoms with Gasteiger partial charge in [0, 0.05) is 0 Å². The molecule has 3 nitrogen and oxygen atoms in total. The van der Waals surface area contributed by atoms with Crippen LogP contribution in [0.2, 0.25) is 0 Å². The molecule has 0 unspecified atom stereocenters. The number of carbonyl (C=O) groups excluding carboxylic acids is 2. The van der Waals surface area contributed by atoms with E-state index in [9.17, 15) is 35.9 Å². The van der Waals surface area contributed by atoms with Crippen LogP contribution in [0, 0.1) is 5.41 Å². The van der Waals surface area contributed by atoms with Crippen molar-refractivity contribution in [1.82, 2.24) is 0 Å². The lowest BCUT2D eigenvalue weighted by Crippen LogP contribution is -2.53. The molecule has 86 valence electrons. The molecule has 0 radical (unpaired) electrons. The van der Waals surface area contributed by atoms with Crippen LogP contribution in [0.4, 0.5) is 26.3 Å². The first-order valence-corrected chi connectivity index (χ1v) is 3.41. The lowest BCUT2D eigenvalue weighted by atomic mass is 9.85. The Morgan fingerprint density at radius 1 is 1.00 bits per heavy atom. The third-order valence-electron chi connectivity index (χ3n) is 1.93. The number of rotatable bonds is 0. The average molecular weight is 236 g/mol. The Kier molecular flexibility index (Phi) is 2.25. The van der Waals surface area contributed by atoms with Crippen LogP contribution in [0.3, 0.4) is 0 Å². The van der Waals surface area contributed by atoms with Crippen LogP contribution in [-0.2, 0) is 14.3 Å². The Balaban J connectivity index is 3.33. The van der Waals surface area contributed by atoms with Crippen molar-refractivity contribution in [3.8, 4) is 0 Å². The number of carbonyl (C=O) groups is 2. The van der Waals surface area contributed by atoms with Crippen LogP contribution in [0.1, 0.15) is 6.42 Å². The number of esters is 2. The maximum atomic E-state index is 12.2. The maximum absolute atomic E-state index is 12.2. The van der Waals surface area contributed by atoms with Gasteiger partial charge in [0.2, 0.25) is 0 Å². The van der Waals surface area contributed by atoms with Crippen molar-refractivity contribution in [2.75, 3.05) is 0 Å².